The van der Waals surface area contributed by atoms with Crippen LogP contribution in [0.3, 0.4) is 0 Å². The number of nitrogens with zero attached hydrogens (tertiary/aromatic N) is 1. The Bertz CT molecular complexity index is 1830. The highest BCUT2D eigenvalue weighted by molar-refractivity contribution is 6.30. The van der Waals surface area contributed by atoms with Gasteiger partial charge < -0.3 is 19.7 Å². The molecule has 1 N–H and O–H groups in total. The number of benzene rings is 4. The molecule has 0 saturated carbocycles. The minimum atomic E-state index is -1.45. The molecule has 1 spiro atoms. The summed E-state index contributed by atoms with van der Waals surface area (Å²) in [5.41, 5.74) is 2.24. The standard InChI is InChI=1S/C35H27ClN2O5/c1-42-23-15-16-28(43-2)25(19-23)32(40)29-30(31(39)21-11-13-22(36)14-12-21)38-18-17-20-7-3-4-8-24(20)33(38)35(29)26-9-5-6-10-27(26)37-34(35)41/h3-19,29-30,33H,1-2H3,(H,37,41)/t29-,30+,33-,35-/m0/s1. The SMILES string of the molecule is COc1ccc(OC)c(C(=O)[C@@H]2[C@H](C(=O)c3ccc(Cl)cc3)N3C=Cc4ccccc4[C@H]3[C@@]23C(=O)Nc2ccccc23)c1. The van der Waals surface area contributed by atoms with Crippen molar-refractivity contribution in [3.63, 3.8) is 0 Å². The first-order valence-corrected chi connectivity index (χ1v) is 14.3. The Morgan fingerprint density at radius 3 is 2.40 bits per heavy atom. The van der Waals surface area contributed by atoms with Crippen LogP contribution in [0.1, 0.15) is 43.4 Å². The molecule has 4 atom stereocenters. The number of para-hydroxylation sites is 1. The van der Waals surface area contributed by atoms with E-state index in [1.807, 2.05) is 65.7 Å². The molecular weight excluding hydrogens is 564 g/mol. The summed E-state index contributed by atoms with van der Waals surface area (Å²) in [7, 11) is 3.00. The van der Waals surface area contributed by atoms with Crippen LogP contribution >= 0.6 is 11.6 Å². The average Bonchev–Trinajstić information content (AvgIpc) is 3.52. The van der Waals surface area contributed by atoms with Crippen LogP contribution in [0.5, 0.6) is 11.5 Å². The van der Waals surface area contributed by atoms with Crippen molar-refractivity contribution >= 4 is 40.8 Å². The van der Waals surface area contributed by atoms with Crippen molar-refractivity contribution in [1.82, 2.24) is 4.90 Å². The van der Waals surface area contributed by atoms with Crippen LogP contribution < -0.4 is 14.8 Å². The van der Waals surface area contributed by atoms with E-state index in [4.69, 9.17) is 21.1 Å². The molecule has 7 rings (SSSR count). The van der Waals surface area contributed by atoms with Crippen LogP contribution in [0.2, 0.25) is 5.02 Å². The predicted octanol–water partition coefficient (Wildman–Crippen LogP) is 6.34. The molecule has 4 aromatic rings. The van der Waals surface area contributed by atoms with Crippen molar-refractivity contribution in [1.29, 1.82) is 0 Å². The van der Waals surface area contributed by atoms with Crippen LogP contribution in [0.4, 0.5) is 5.69 Å². The molecule has 3 aliphatic rings. The lowest BCUT2D eigenvalue weighted by Gasteiger charge is -2.38. The average molecular weight is 591 g/mol. The number of anilines is 1. The van der Waals surface area contributed by atoms with Crippen LogP contribution in [0.15, 0.2) is 97.2 Å². The molecule has 1 amide bonds. The molecule has 0 aliphatic carbocycles. The van der Waals surface area contributed by atoms with Crippen molar-refractivity contribution in [2.45, 2.75) is 17.5 Å². The van der Waals surface area contributed by atoms with E-state index in [0.29, 0.717) is 33.3 Å². The number of amides is 1. The summed E-state index contributed by atoms with van der Waals surface area (Å²) in [6.45, 7) is 0. The van der Waals surface area contributed by atoms with Gasteiger partial charge in [0.25, 0.3) is 0 Å². The minimum Gasteiger partial charge on any atom is -0.497 e. The zero-order valence-corrected chi connectivity index (χ0v) is 24.2. The van der Waals surface area contributed by atoms with Gasteiger partial charge in [0, 0.05) is 22.5 Å². The van der Waals surface area contributed by atoms with Gasteiger partial charge in [-0.05, 0) is 71.3 Å². The molecule has 0 bridgehead atoms. The number of rotatable bonds is 6. The van der Waals surface area contributed by atoms with Gasteiger partial charge in [-0.25, -0.2) is 0 Å². The number of carbonyl (C=O) groups excluding carboxylic acids is 3. The zero-order valence-electron chi connectivity index (χ0n) is 23.4. The number of fused-ring (bicyclic) bond motifs is 6. The van der Waals surface area contributed by atoms with Gasteiger partial charge in [0.2, 0.25) is 5.91 Å². The van der Waals surface area contributed by atoms with E-state index in [1.54, 1.807) is 42.5 Å². The summed E-state index contributed by atoms with van der Waals surface area (Å²) >= 11 is 6.17. The Hall–Kier alpha value is -4.88. The zero-order chi connectivity index (χ0) is 29.9. The van der Waals surface area contributed by atoms with Crippen LogP contribution in [0, 0.1) is 5.92 Å². The second-order valence-electron chi connectivity index (χ2n) is 10.9. The third-order valence-electron chi connectivity index (χ3n) is 8.92. The number of hydrogen-bond acceptors (Lipinski definition) is 6. The smallest absolute Gasteiger partial charge is 0.238 e. The maximum atomic E-state index is 15.1. The molecule has 0 aromatic heterocycles. The monoisotopic (exact) mass is 590 g/mol. The van der Waals surface area contributed by atoms with Gasteiger partial charge in [0.05, 0.1) is 31.7 Å². The van der Waals surface area contributed by atoms with E-state index in [2.05, 4.69) is 5.32 Å². The number of halogens is 1. The fourth-order valence-electron chi connectivity index (χ4n) is 7.13. The Morgan fingerprint density at radius 2 is 1.63 bits per heavy atom. The number of carbonyl (C=O) groups is 3. The molecule has 0 radical (unpaired) electrons. The highest BCUT2D eigenvalue weighted by Crippen LogP contribution is 2.62. The summed E-state index contributed by atoms with van der Waals surface area (Å²) in [4.78, 5) is 46.3. The molecule has 43 heavy (non-hydrogen) atoms. The third kappa shape index (κ3) is 3.85. The van der Waals surface area contributed by atoms with Crippen molar-refractivity contribution in [2.24, 2.45) is 5.92 Å². The highest BCUT2D eigenvalue weighted by Gasteiger charge is 2.70. The lowest BCUT2D eigenvalue weighted by atomic mass is 9.62. The van der Waals surface area contributed by atoms with E-state index in [1.165, 1.54) is 14.2 Å². The van der Waals surface area contributed by atoms with Crippen LogP contribution in [0.25, 0.3) is 6.08 Å². The number of Topliss-reactive ketones (excluding diaryl/α,β-unsaturated/α-hetero) is 2. The second-order valence-corrected chi connectivity index (χ2v) is 11.3. The first kappa shape index (κ1) is 27.0. The van der Waals surface area contributed by atoms with Gasteiger partial charge in [-0.3, -0.25) is 14.4 Å². The van der Waals surface area contributed by atoms with Gasteiger partial charge in [-0.15, -0.1) is 0 Å². The highest BCUT2D eigenvalue weighted by atomic mass is 35.5. The summed E-state index contributed by atoms with van der Waals surface area (Å²) in [5, 5.41) is 3.55. The van der Waals surface area contributed by atoms with E-state index < -0.39 is 29.2 Å². The Labute approximate surface area is 253 Å². The van der Waals surface area contributed by atoms with Crippen molar-refractivity contribution in [3.05, 3.63) is 130 Å². The van der Waals surface area contributed by atoms with Crippen LogP contribution in [-0.4, -0.2) is 42.6 Å². The predicted molar refractivity (Wildman–Crippen MR) is 164 cm³/mol. The normalized spacial score (nSPS) is 22.9. The van der Waals surface area contributed by atoms with E-state index in [9.17, 15) is 9.59 Å². The molecule has 0 unspecified atom stereocenters. The van der Waals surface area contributed by atoms with Crippen molar-refractivity contribution < 1.29 is 23.9 Å². The number of ketones is 2. The molecule has 214 valence electrons. The van der Waals surface area contributed by atoms with Crippen molar-refractivity contribution in [2.75, 3.05) is 19.5 Å². The first-order chi connectivity index (χ1) is 20.9. The maximum Gasteiger partial charge on any atom is 0.238 e. The van der Waals surface area contributed by atoms with E-state index >= 15 is 4.79 Å². The lowest BCUT2D eigenvalue weighted by molar-refractivity contribution is -0.122. The number of ether oxygens (including phenoxy) is 2. The Balaban J connectivity index is 1.55. The van der Waals surface area contributed by atoms with Gasteiger partial charge in [0.1, 0.15) is 23.0 Å². The fourth-order valence-corrected chi connectivity index (χ4v) is 7.25. The summed E-state index contributed by atoms with van der Waals surface area (Å²) in [6.07, 6.45) is 3.77. The quantitative estimate of drug-likeness (QED) is 0.264. The molecule has 3 aliphatic heterocycles. The van der Waals surface area contributed by atoms with Gasteiger partial charge in [-0.1, -0.05) is 54.1 Å². The number of nitrogens with one attached hydrogen (secondary N) is 1. The third-order valence-corrected chi connectivity index (χ3v) is 9.17. The first-order valence-electron chi connectivity index (χ1n) is 13.9. The molecule has 4 aromatic carbocycles. The van der Waals surface area contributed by atoms with Crippen molar-refractivity contribution in [3.8, 4) is 11.5 Å². The Morgan fingerprint density at radius 1 is 0.884 bits per heavy atom. The van der Waals surface area contributed by atoms with E-state index in [0.717, 1.165) is 11.1 Å². The molecular formula is C35H27ClN2O5. The fraction of sp³-hybridized carbons (Fsp3) is 0.171. The van der Waals surface area contributed by atoms with Crippen LogP contribution in [-0.2, 0) is 10.2 Å². The minimum absolute atomic E-state index is 0.231. The summed E-state index contributed by atoms with van der Waals surface area (Å²) < 4.78 is 11.1. The maximum absolute atomic E-state index is 15.1. The number of methoxy groups -OCH3 is 2. The van der Waals surface area contributed by atoms with Gasteiger partial charge in [-0.2, -0.15) is 0 Å². The molecule has 8 heteroatoms. The number of hydrogen-bond donors (Lipinski definition) is 1. The summed E-state index contributed by atoms with van der Waals surface area (Å²) in [5.74, 6) is -1.38. The molecule has 3 heterocycles. The Kier molecular flexibility index (Phi) is 6.36. The summed E-state index contributed by atoms with van der Waals surface area (Å²) in [6, 6.07) is 25.1. The molecule has 1 fully saturated rings. The second kappa shape index (κ2) is 10.1. The molecule has 7 nitrogen and oxygen atoms in total. The van der Waals surface area contributed by atoms with Gasteiger partial charge in [0.15, 0.2) is 11.6 Å². The molecule has 1 saturated heterocycles. The van der Waals surface area contributed by atoms with Gasteiger partial charge >= 0.3 is 0 Å². The largest absolute Gasteiger partial charge is 0.497 e. The topological polar surface area (TPSA) is 84.9 Å². The van der Waals surface area contributed by atoms with E-state index in [-0.39, 0.29) is 17.3 Å². The lowest BCUT2D eigenvalue weighted by Crippen LogP contribution is -2.49.